The molecule has 0 fully saturated rings. The summed E-state index contributed by atoms with van der Waals surface area (Å²) in [5.74, 6) is 0.455. The molecule has 0 rings (SSSR count). The number of alkyl halides is 2. The van der Waals surface area contributed by atoms with Gasteiger partial charge in [-0.2, -0.15) is 0 Å². The van der Waals surface area contributed by atoms with E-state index in [0.29, 0.717) is 5.75 Å². The van der Waals surface area contributed by atoms with Gasteiger partial charge in [-0.25, -0.2) is 0 Å². The highest BCUT2D eigenvalue weighted by atomic mass is 35.5. The fourth-order valence-corrected chi connectivity index (χ4v) is 1.71. The predicted octanol–water partition coefficient (Wildman–Crippen LogP) is 3.26. The summed E-state index contributed by atoms with van der Waals surface area (Å²) in [4.78, 5) is 11.3. The highest BCUT2D eigenvalue weighted by molar-refractivity contribution is 8.14. The second-order valence-corrected chi connectivity index (χ2v) is 4.99. The standard InChI is InChI=1S/C8H12Cl2OS/c1-4-6(3)8(9,10)7(11)12-5-2/h4,6H,1,5H2,2-3H3. The summed E-state index contributed by atoms with van der Waals surface area (Å²) in [5, 5.41) is -0.208. The van der Waals surface area contributed by atoms with Crippen LogP contribution in [0.2, 0.25) is 0 Å². The zero-order valence-corrected chi connectivity index (χ0v) is 9.47. The van der Waals surface area contributed by atoms with E-state index in [4.69, 9.17) is 23.2 Å². The van der Waals surface area contributed by atoms with Crippen molar-refractivity contribution in [3.05, 3.63) is 12.7 Å². The van der Waals surface area contributed by atoms with Crippen LogP contribution in [0, 0.1) is 5.92 Å². The van der Waals surface area contributed by atoms with Crippen molar-refractivity contribution in [2.45, 2.75) is 18.2 Å². The van der Waals surface area contributed by atoms with Crippen molar-refractivity contribution in [3.8, 4) is 0 Å². The molecule has 0 aromatic carbocycles. The molecule has 0 spiro atoms. The lowest BCUT2D eigenvalue weighted by Crippen LogP contribution is -2.30. The molecule has 0 radical (unpaired) electrons. The molecule has 1 unspecified atom stereocenters. The average Bonchev–Trinajstić information content (AvgIpc) is 2.03. The first-order valence-electron chi connectivity index (χ1n) is 3.64. The maximum Gasteiger partial charge on any atom is 0.225 e. The summed E-state index contributed by atoms with van der Waals surface area (Å²) in [6, 6.07) is 0. The zero-order chi connectivity index (χ0) is 9.78. The normalized spacial score (nSPS) is 14.0. The fourth-order valence-electron chi connectivity index (χ4n) is 0.561. The van der Waals surface area contributed by atoms with Crippen molar-refractivity contribution in [2.75, 3.05) is 5.75 Å². The Morgan fingerprint density at radius 3 is 2.58 bits per heavy atom. The molecule has 4 heteroatoms. The minimum absolute atomic E-state index is 0.208. The van der Waals surface area contributed by atoms with E-state index >= 15 is 0 Å². The Hall–Kier alpha value is 0.340. The smallest absolute Gasteiger partial charge is 0.225 e. The van der Waals surface area contributed by atoms with Crippen molar-refractivity contribution in [3.63, 3.8) is 0 Å². The molecule has 0 aliphatic heterocycles. The molecule has 0 bridgehead atoms. The third kappa shape index (κ3) is 3.00. The molecule has 0 aliphatic carbocycles. The summed E-state index contributed by atoms with van der Waals surface area (Å²) in [7, 11) is 0. The molecule has 0 heterocycles. The van der Waals surface area contributed by atoms with Crippen LogP contribution >= 0.6 is 35.0 Å². The Bertz CT molecular complexity index is 180. The van der Waals surface area contributed by atoms with Crippen LogP contribution < -0.4 is 0 Å². The monoisotopic (exact) mass is 226 g/mol. The minimum atomic E-state index is -1.33. The van der Waals surface area contributed by atoms with Gasteiger partial charge in [0.1, 0.15) is 0 Å². The number of hydrogen-bond donors (Lipinski definition) is 0. The van der Waals surface area contributed by atoms with Gasteiger partial charge in [-0.05, 0) is 5.75 Å². The number of carbonyl (C=O) groups is 1. The van der Waals surface area contributed by atoms with Crippen LogP contribution in [-0.2, 0) is 4.79 Å². The third-order valence-corrected chi connectivity index (χ3v) is 3.60. The first-order valence-corrected chi connectivity index (χ1v) is 5.38. The van der Waals surface area contributed by atoms with E-state index in [1.165, 1.54) is 0 Å². The lowest BCUT2D eigenvalue weighted by Gasteiger charge is -2.21. The Morgan fingerprint density at radius 1 is 1.75 bits per heavy atom. The van der Waals surface area contributed by atoms with E-state index in [9.17, 15) is 4.79 Å². The fraction of sp³-hybridized carbons (Fsp3) is 0.625. The van der Waals surface area contributed by atoms with Crippen LogP contribution in [0.3, 0.4) is 0 Å². The molecule has 0 N–H and O–H groups in total. The summed E-state index contributed by atoms with van der Waals surface area (Å²) >= 11 is 12.8. The number of carbonyl (C=O) groups excluding carboxylic acids is 1. The molecule has 12 heavy (non-hydrogen) atoms. The van der Waals surface area contributed by atoms with Crippen molar-refractivity contribution in [2.24, 2.45) is 5.92 Å². The summed E-state index contributed by atoms with van der Waals surface area (Å²) in [6.45, 7) is 7.18. The molecular formula is C8H12Cl2OS. The van der Waals surface area contributed by atoms with Gasteiger partial charge in [0.2, 0.25) is 5.12 Å². The van der Waals surface area contributed by atoms with Crippen LogP contribution in [0.1, 0.15) is 13.8 Å². The number of allylic oxidation sites excluding steroid dienone is 1. The van der Waals surface area contributed by atoms with Gasteiger partial charge in [0.05, 0.1) is 0 Å². The number of halogens is 2. The summed E-state index contributed by atoms with van der Waals surface area (Å²) < 4.78 is -1.33. The van der Waals surface area contributed by atoms with Crippen LogP contribution in [0.15, 0.2) is 12.7 Å². The number of rotatable bonds is 4. The maximum atomic E-state index is 11.3. The first kappa shape index (κ1) is 12.3. The lowest BCUT2D eigenvalue weighted by atomic mass is 10.1. The highest BCUT2D eigenvalue weighted by Crippen LogP contribution is 2.35. The lowest BCUT2D eigenvalue weighted by molar-refractivity contribution is -0.112. The topological polar surface area (TPSA) is 17.1 Å². The number of thioether (sulfide) groups is 1. The largest absolute Gasteiger partial charge is 0.284 e. The Balaban J connectivity index is 4.37. The van der Waals surface area contributed by atoms with Gasteiger partial charge in [-0.1, -0.05) is 54.9 Å². The highest BCUT2D eigenvalue weighted by Gasteiger charge is 2.37. The minimum Gasteiger partial charge on any atom is -0.284 e. The quantitative estimate of drug-likeness (QED) is 0.541. The molecule has 1 nitrogen and oxygen atoms in total. The average molecular weight is 227 g/mol. The van der Waals surface area contributed by atoms with E-state index < -0.39 is 4.33 Å². The van der Waals surface area contributed by atoms with Crippen molar-refractivity contribution >= 4 is 40.1 Å². The van der Waals surface area contributed by atoms with Gasteiger partial charge in [-0.15, -0.1) is 6.58 Å². The van der Waals surface area contributed by atoms with Crippen LogP contribution in [0.4, 0.5) is 0 Å². The van der Waals surface area contributed by atoms with E-state index in [1.807, 2.05) is 6.92 Å². The van der Waals surface area contributed by atoms with Gasteiger partial charge in [0.15, 0.2) is 4.33 Å². The molecule has 0 amide bonds. The Labute approximate surface area is 87.5 Å². The second kappa shape index (κ2) is 5.15. The molecule has 0 saturated heterocycles. The molecule has 1 atom stereocenters. The molecule has 0 aromatic heterocycles. The van der Waals surface area contributed by atoms with Crippen molar-refractivity contribution in [1.29, 1.82) is 0 Å². The van der Waals surface area contributed by atoms with Gasteiger partial charge in [0, 0.05) is 5.92 Å². The molecule has 70 valence electrons. The van der Waals surface area contributed by atoms with Gasteiger partial charge < -0.3 is 0 Å². The van der Waals surface area contributed by atoms with Gasteiger partial charge >= 0.3 is 0 Å². The molecule has 0 aromatic rings. The van der Waals surface area contributed by atoms with Crippen LogP contribution in [0.25, 0.3) is 0 Å². The van der Waals surface area contributed by atoms with E-state index in [-0.39, 0.29) is 11.0 Å². The van der Waals surface area contributed by atoms with Gasteiger partial charge in [0.25, 0.3) is 0 Å². The summed E-state index contributed by atoms with van der Waals surface area (Å²) in [6.07, 6.45) is 1.58. The summed E-state index contributed by atoms with van der Waals surface area (Å²) in [5.41, 5.74) is 0. The van der Waals surface area contributed by atoms with E-state index in [2.05, 4.69) is 6.58 Å². The Kier molecular flexibility index (Phi) is 5.30. The van der Waals surface area contributed by atoms with Crippen LogP contribution in [0.5, 0.6) is 0 Å². The van der Waals surface area contributed by atoms with E-state index in [1.54, 1.807) is 13.0 Å². The van der Waals surface area contributed by atoms with Crippen molar-refractivity contribution in [1.82, 2.24) is 0 Å². The predicted molar refractivity (Wildman–Crippen MR) is 56.9 cm³/mol. The van der Waals surface area contributed by atoms with Crippen LogP contribution in [-0.4, -0.2) is 15.2 Å². The SMILES string of the molecule is C=CC(C)C(Cl)(Cl)C(=O)SCC. The second-order valence-electron chi connectivity index (χ2n) is 2.37. The van der Waals surface area contributed by atoms with Gasteiger partial charge in [-0.3, -0.25) is 4.79 Å². The number of hydrogen-bond acceptors (Lipinski definition) is 2. The zero-order valence-electron chi connectivity index (χ0n) is 7.14. The maximum absolute atomic E-state index is 11.3. The third-order valence-electron chi connectivity index (χ3n) is 1.47. The molecule has 0 saturated carbocycles. The first-order chi connectivity index (χ1) is 5.46. The molecule has 0 aliphatic rings. The van der Waals surface area contributed by atoms with E-state index in [0.717, 1.165) is 11.8 Å². The van der Waals surface area contributed by atoms with Crippen molar-refractivity contribution < 1.29 is 4.79 Å². The molecular weight excluding hydrogens is 215 g/mol. The Morgan fingerprint density at radius 2 is 2.25 bits per heavy atom.